The number of hydrogen-bond acceptors (Lipinski definition) is 9. The number of nitrogens with two attached hydrogens (primary N) is 2. The molecule has 2 saturated heterocycles. The fourth-order valence-electron chi connectivity index (χ4n) is 4.92. The Kier molecular flexibility index (Phi) is 8.67. The predicted octanol–water partition coefficient (Wildman–Crippen LogP) is 2.84. The highest BCUT2D eigenvalue weighted by Gasteiger charge is 2.33. The monoisotopic (exact) mass is 498 g/mol. The lowest BCUT2D eigenvalue weighted by Crippen LogP contribution is -2.50. The molecule has 2 aromatic rings. The van der Waals surface area contributed by atoms with Crippen LogP contribution in [0.1, 0.15) is 45.1 Å². The number of carbonyl (C=O) groups is 1. The van der Waals surface area contributed by atoms with Crippen LogP contribution in [0.4, 0.5) is 17.5 Å². The molecule has 2 aliphatic heterocycles. The molecule has 0 aliphatic carbocycles. The van der Waals surface area contributed by atoms with E-state index in [9.17, 15) is 4.79 Å². The number of piperidine rings is 2. The summed E-state index contributed by atoms with van der Waals surface area (Å²) in [7, 11) is 0. The number of anilines is 3. The molecule has 10 heteroatoms. The summed E-state index contributed by atoms with van der Waals surface area (Å²) in [6, 6.07) is 4.13. The topological polar surface area (TPSA) is 118 Å². The zero-order valence-electron chi connectivity index (χ0n) is 20.8. The molecule has 9 nitrogen and oxygen atoms in total. The van der Waals surface area contributed by atoms with E-state index in [1.807, 2.05) is 30.1 Å². The van der Waals surface area contributed by atoms with Gasteiger partial charge in [-0.25, -0.2) is 15.0 Å². The van der Waals surface area contributed by atoms with Crippen molar-refractivity contribution in [3.8, 4) is 0 Å². The van der Waals surface area contributed by atoms with Gasteiger partial charge < -0.3 is 21.3 Å². The van der Waals surface area contributed by atoms with Gasteiger partial charge in [-0.3, -0.25) is 9.69 Å². The maximum atomic E-state index is 13.3. The van der Waals surface area contributed by atoms with Gasteiger partial charge in [-0.05, 0) is 50.9 Å². The lowest BCUT2D eigenvalue weighted by molar-refractivity contribution is -0.138. The first kappa shape index (κ1) is 25.5. The highest BCUT2D eigenvalue weighted by molar-refractivity contribution is 7.99. The molecule has 0 radical (unpaired) electrons. The van der Waals surface area contributed by atoms with Crippen molar-refractivity contribution < 1.29 is 4.79 Å². The van der Waals surface area contributed by atoms with E-state index in [1.165, 1.54) is 0 Å². The number of thioether (sulfide) groups is 1. The smallest absolute Gasteiger partial charge is 0.225 e. The largest absolute Gasteiger partial charge is 0.396 e. The SMILES string of the molecule is CC(C)SCN(c1ncccc1N)C1CCN(C(=O)C2CCN(Cc3cnc(N)nc3)CC2)CC1. The minimum Gasteiger partial charge on any atom is -0.396 e. The van der Waals surface area contributed by atoms with E-state index in [-0.39, 0.29) is 5.92 Å². The lowest BCUT2D eigenvalue weighted by atomic mass is 9.93. The first-order valence-corrected chi connectivity index (χ1v) is 13.6. The van der Waals surface area contributed by atoms with Crippen LogP contribution in [0.3, 0.4) is 0 Å². The summed E-state index contributed by atoms with van der Waals surface area (Å²) in [5.41, 5.74) is 13.6. The molecule has 0 spiro atoms. The fraction of sp³-hybridized carbons (Fsp3) is 0.600. The zero-order valence-corrected chi connectivity index (χ0v) is 21.7. The molecule has 0 unspecified atom stereocenters. The molecule has 35 heavy (non-hydrogen) atoms. The Morgan fingerprint density at radius 1 is 1.09 bits per heavy atom. The van der Waals surface area contributed by atoms with Crippen molar-refractivity contribution in [1.82, 2.24) is 24.8 Å². The Hall–Kier alpha value is -2.59. The molecule has 4 N–H and O–H groups in total. The summed E-state index contributed by atoms with van der Waals surface area (Å²) < 4.78 is 0. The molecule has 1 amide bonds. The zero-order chi connectivity index (χ0) is 24.8. The van der Waals surface area contributed by atoms with Crippen molar-refractivity contribution >= 4 is 35.1 Å². The summed E-state index contributed by atoms with van der Waals surface area (Å²) in [5, 5.41) is 0.530. The second-order valence-corrected chi connectivity index (χ2v) is 11.3. The summed E-state index contributed by atoms with van der Waals surface area (Å²) in [6.45, 7) is 8.63. The molecule has 4 heterocycles. The number of carbonyl (C=O) groups excluding carboxylic acids is 1. The van der Waals surface area contributed by atoms with Gasteiger partial charge in [0.2, 0.25) is 11.9 Å². The van der Waals surface area contributed by atoms with Gasteiger partial charge in [0.25, 0.3) is 0 Å². The molecule has 0 bridgehead atoms. The van der Waals surface area contributed by atoms with Crippen molar-refractivity contribution in [3.05, 3.63) is 36.3 Å². The third kappa shape index (κ3) is 6.76. The second-order valence-electron chi connectivity index (χ2n) is 9.79. The van der Waals surface area contributed by atoms with Crippen LogP contribution in [0.5, 0.6) is 0 Å². The molecule has 2 fully saturated rings. The minimum absolute atomic E-state index is 0.115. The Balaban J connectivity index is 1.28. The minimum atomic E-state index is 0.115. The second kappa shape index (κ2) is 11.9. The Morgan fingerprint density at radius 2 is 1.77 bits per heavy atom. The predicted molar refractivity (Wildman–Crippen MR) is 143 cm³/mol. The number of nitrogen functional groups attached to an aromatic ring is 2. The van der Waals surface area contributed by atoms with E-state index in [4.69, 9.17) is 11.5 Å². The molecule has 2 aliphatic rings. The van der Waals surface area contributed by atoms with Crippen molar-refractivity contribution in [2.24, 2.45) is 5.92 Å². The maximum absolute atomic E-state index is 13.3. The van der Waals surface area contributed by atoms with Crippen molar-refractivity contribution in [2.75, 3.05) is 48.4 Å². The van der Waals surface area contributed by atoms with E-state index in [0.29, 0.717) is 28.8 Å². The number of nitrogens with zero attached hydrogens (tertiary/aromatic N) is 6. The molecular weight excluding hydrogens is 460 g/mol. The van der Waals surface area contributed by atoms with Gasteiger partial charge in [-0.15, -0.1) is 11.8 Å². The number of likely N-dealkylation sites (tertiary alicyclic amines) is 2. The van der Waals surface area contributed by atoms with Gasteiger partial charge in [0.15, 0.2) is 5.82 Å². The summed E-state index contributed by atoms with van der Waals surface area (Å²) in [5.74, 6) is 2.45. The number of aromatic nitrogens is 3. The molecule has 4 rings (SSSR count). The lowest BCUT2D eigenvalue weighted by Gasteiger charge is -2.41. The van der Waals surface area contributed by atoms with Gasteiger partial charge in [-0.1, -0.05) is 13.8 Å². The fourth-order valence-corrected chi connectivity index (χ4v) is 5.71. The molecule has 190 valence electrons. The van der Waals surface area contributed by atoms with Crippen molar-refractivity contribution in [3.63, 3.8) is 0 Å². The van der Waals surface area contributed by atoms with Crippen molar-refractivity contribution in [1.29, 1.82) is 0 Å². The summed E-state index contributed by atoms with van der Waals surface area (Å²) in [4.78, 5) is 32.8. The standard InChI is InChI=1S/C25H38N8OS/c1-18(2)35-17-33(23-22(26)4-3-9-28-23)21-7-12-32(13-8-21)24(34)20-5-10-31(11-6-20)16-19-14-29-25(27)30-15-19/h3-4,9,14-15,18,20-21H,5-8,10-13,16-17,26H2,1-2H3,(H2,27,29,30). The van der Waals surface area contributed by atoms with E-state index in [2.05, 4.69) is 43.5 Å². The van der Waals surface area contributed by atoms with Crippen LogP contribution in [-0.4, -0.2) is 74.0 Å². The van der Waals surface area contributed by atoms with Gasteiger partial charge in [0, 0.05) is 61.0 Å². The average Bonchev–Trinajstić information content (AvgIpc) is 2.87. The Morgan fingerprint density at radius 3 is 2.40 bits per heavy atom. The van der Waals surface area contributed by atoms with Crippen LogP contribution < -0.4 is 16.4 Å². The third-order valence-corrected chi connectivity index (χ3v) is 8.01. The van der Waals surface area contributed by atoms with E-state index in [0.717, 1.165) is 75.7 Å². The van der Waals surface area contributed by atoms with Crippen LogP contribution in [-0.2, 0) is 11.3 Å². The molecule has 0 aromatic carbocycles. The van der Waals surface area contributed by atoms with E-state index >= 15 is 0 Å². The Bertz CT molecular complexity index is 956. The molecular formula is C25H38N8OS. The molecule has 0 atom stereocenters. The number of pyridine rings is 1. The van der Waals surface area contributed by atoms with Crippen LogP contribution >= 0.6 is 11.8 Å². The van der Waals surface area contributed by atoms with Gasteiger partial charge in [0.1, 0.15) is 0 Å². The van der Waals surface area contributed by atoms with Crippen molar-refractivity contribution in [2.45, 2.75) is 57.4 Å². The highest BCUT2D eigenvalue weighted by Crippen LogP contribution is 2.30. The van der Waals surface area contributed by atoms with Gasteiger partial charge in [-0.2, -0.15) is 0 Å². The third-order valence-electron chi connectivity index (χ3n) is 6.92. The first-order chi connectivity index (χ1) is 16.9. The number of amides is 1. The number of hydrogen-bond donors (Lipinski definition) is 2. The normalized spacial score (nSPS) is 18.2. The highest BCUT2D eigenvalue weighted by atomic mass is 32.2. The maximum Gasteiger partial charge on any atom is 0.225 e. The Labute approximate surface area is 212 Å². The van der Waals surface area contributed by atoms with Crippen LogP contribution in [0.2, 0.25) is 0 Å². The summed E-state index contributed by atoms with van der Waals surface area (Å²) in [6.07, 6.45) is 9.06. The quantitative estimate of drug-likeness (QED) is 0.530. The molecule has 0 saturated carbocycles. The van der Waals surface area contributed by atoms with Crippen LogP contribution in [0.25, 0.3) is 0 Å². The average molecular weight is 499 g/mol. The van der Waals surface area contributed by atoms with E-state index < -0.39 is 0 Å². The van der Waals surface area contributed by atoms with Gasteiger partial charge in [0.05, 0.1) is 11.6 Å². The summed E-state index contributed by atoms with van der Waals surface area (Å²) >= 11 is 1.90. The van der Waals surface area contributed by atoms with E-state index in [1.54, 1.807) is 12.4 Å². The first-order valence-electron chi connectivity index (χ1n) is 12.6. The number of rotatable bonds is 8. The van der Waals surface area contributed by atoms with Gasteiger partial charge >= 0.3 is 0 Å². The van der Waals surface area contributed by atoms with Crippen LogP contribution in [0, 0.1) is 5.92 Å². The molecule has 2 aromatic heterocycles. The van der Waals surface area contributed by atoms with Crippen LogP contribution in [0.15, 0.2) is 30.7 Å².